The Morgan fingerprint density at radius 1 is 0.941 bits per heavy atom. The highest BCUT2D eigenvalue weighted by molar-refractivity contribution is 5.79. The number of hydrogen-bond donors (Lipinski definition) is 3. The molecule has 0 aromatic heterocycles. The van der Waals surface area contributed by atoms with Gasteiger partial charge in [0.2, 0.25) is 5.91 Å². The molecule has 34 heavy (non-hydrogen) atoms. The van der Waals surface area contributed by atoms with Gasteiger partial charge in [-0.1, -0.05) is 69.3 Å². The summed E-state index contributed by atoms with van der Waals surface area (Å²) in [4.78, 5) is 35.7. The molecule has 2 atom stereocenters. The van der Waals surface area contributed by atoms with Crippen molar-refractivity contribution in [2.75, 3.05) is 13.2 Å². The van der Waals surface area contributed by atoms with Crippen molar-refractivity contribution in [1.29, 1.82) is 0 Å². The Bertz CT molecular complexity index is 974. The number of alkyl carbamates (subject to hydrolysis) is 1. The van der Waals surface area contributed by atoms with Crippen molar-refractivity contribution in [1.82, 2.24) is 10.6 Å². The predicted octanol–water partition coefficient (Wildman–Crippen LogP) is 4.56. The Balaban J connectivity index is 1.51. The van der Waals surface area contributed by atoms with E-state index < -0.39 is 12.1 Å². The average Bonchev–Trinajstić information content (AvgIpc) is 3.10. The second-order valence-corrected chi connectivity index (χ2v) is 9.37. The van der Waals surface area contributed by atoms with Gasteiger partial charge in [-0.25, -0.2) is 4.79 Å². The van der Waals surface area contributed by atoms with Gasteiger partial charge in [0.05, 0.1) is 0 Å². The van der Waals surface area contributed by atoms with E-state index in [-0.39, 0.29) is 49.2 Å². The number of hydrogen-bond acceptors (Lipinski definition) is 4. The average molecular weight is 467 g/mol. The summed E-state index contributed by atoms with van der Waals surface area (Å²) in [5, 5.41) is 14.5. The van der Waals surface area contributed by atoms with Gasteiger partial charge in [0.1, 0.15) is 6.61 Å². The lowest BCUT2D eigenvalue weighted by Gasteiger charge is -2.22. The van der Waals surface area contributed by atoms with Crippen LogP contribution in [0.15, 0.2) is 48.5 Å². The molecule has 0 heterocycles. The fourth-order valence-electron chi connectivity index (χ4n) is 4.37. The van der Waals surface area contributed by atoms with Gasteiger partial charge in [-0.15, -0.1) is 0 Å². The second kappa shape index (κ2) is 11.7. The van der Waals surface area contributed by atoms with Crippen LogP contribution in [0.1, 0.15) is 57.1 Å². The van der Waals surface area contributed by atoms with Crippen LogP contribution in [0, 0.1) is 11.8 Å². The summed E-state index contributed by atoms with van der Waals surface area (Å²) in [7, 11) is 0. The lowest BCUT2D eigenvalue weighted by molar-refractivity contribution is -0.138. The van der Waals surface area contributed by atoms with Crippen LogP contribution in [0.2, 0.25) is 0 Å². The third-order valence-corrected chi connectivity index (χ3v) is 6.34. The van der Waals surface area contributed by atoms with E-state index in [1.165, 1.54) is 11.1 Å². The van der Waals surface area contributed by atoms with E-state index in [0.717, 1.165) is 11.1 Å². The van der Waals surface area contributed by atoms with Gasteiger partial charge in [-0.3, -0.25) is 9.59 Å². The number of ether oxygens (including phenoxy) is 1. The molecule has 0 radical (unpaired) electrons. The van der Waals surface area contributed by atoms with E-state index in [9.17, 15) is 14.4 Å². The number of nitrogens with one attached hydrogen (secondary N) is 2. The highest BCUT2D eigenvalue weighted by atomic mass is 16.5. The molecule has 3 rings (SSSR count). The normalized spacial score (nSPS) is 14.1. The Hall–Kier alpha value is -3.35. The summed E-state index contributed by atoms with van der Waals surface area (Å²) in [6.07, 6.45) is 0.260. The van der Waals surface area contributed by atoms with E-state index >= 15 is 0 Å². The summed E-state index contributed by atoms with van der Waals surface area (Å²) in [6, 6.07) is 16.0. The zero-order valence-corrected chi connectivity index (χ0v) is 20.0. The van der Waals surface area contributed by atoms with Crippen LogP contribution in [0.25, 0.3) is 11.1 Å². The topological polar surface area (TPSA) is 105 Å². The van der Waals surface area contributed by atoms with Gasteiger partial charge in [0, 0.05) is 31.3 Å². The Morgan fingerprint density at radius 3 is 2.09 bits per heavy atom. The van der Waals surface area contributed by atoms with Gasteiger partial charge in [-0.05, 0) is 40.5 Å². The van der Waals surface area contributed by atoms with Crippen LogP contribution in [0.4, 0.5) is 4.79 Å². The minimum Gasteiger partial charge on any atom is -0.481 e. The first-order valence-corrected chi connectivity index (χ1v) is 11.9. The number of aliphatic carboxylic acids is 1. The van der Waals surface area contributed by atoms with E-state index in [0.29, 0.717) is 13.0 Å². The van der Waals surface area contributed by atoms with Gasteiger partial charge >= 0.3 is 12.1 Å². The Labute approximate surface area is 200 Å². The lowest BCUT2D eigenvalue weighted by atomic mass is 9.98. The smallest absolute Gasteiger partial charge is 0.407 e. The molecule has 7 nitrogen and oxygen atoms in total. The third-order valence-electron chi connectivity index (χ3n) is 6.34. The van der Waals surface area contributed by atoms with Crippen molar-refractivity contribution in [2.45, 2.75) is 52.0 Å². The van der Waals surface area contributed by atoms with E-state index in [4.69, 9.17) is 9.84 Å². The van der Waals surface area contributed by atoms with Crippen LogP contribution in [-0.4, -0.2) is 42.3 Å². The molecule has 0 spiro atoms. The van der Waals surface area contributed by atoms with Crippen LogP contribution in [0.3, 0.4) is 0 Å². The quantitative estimate of drug-likeness (QED) is 0.450. The van der Waals surface area contributed by atoms with Gasteiger partial charge in [-0.2, -0.15) is 0 Å². The lowest BCUT2D eigenvalue weighted by Crippen LogP contribution is -2.43. The summed E-state index contributed by atoms with van der Waals surface area (Å²) in [5.74, 6) is -1.02. The maximum atomic E-state index is 12.6. The van der Waals surface area contributed by atoms with Crippen LogP contribution in [0.5, 0.6) is 0 Å². The van der Waals surface area contributed by atoms with Gasteiger partial charge < -0.3 is 20.5 Å². The van der Waals surface area contributed by atoms with Crippen molar-refractivity contribution in [3.63, 3.8) is 0 Å². The van der Waals surface area contributed by atoms with Crippen molar-refractivity contribution < 1.29 is 24.2 Å². The Morgan fingerprint density at radius 2 is 1.53 bits per heavy atom. The van der Waals surface area contributed by atoms with E-state index in [1.807, 2.05) is 45.0 Å². The molecule has 0 saturated heterocycles. The van der Waals surface area contributed by atoms with Crippen LogP contribution < -0.4 is 10.6 Å². The van der Waals surface area contributed by atoms with E-state index in [1.54, 1.807) is 0 Å². The summed E-state index contributed by atoms with van der Waals surface area (Å²) < 4.78 is 5.61. The molecule has 0 aliphatic heterocycles. The molecule has 182 valence electrons. The number of carboxylic acids is 1. The highest BCUT2D eigenvalue weighted by Gasteiger charge is 2.29. The monoisotopic (exact) mass is 466 g/mol. The molecule has 7 heteroatoms. The number of carboxylic acid groups (broad SMARTS) is 1. The third kappa shape index (κ3) is 6.59. The minimum absolute atomic E-state index is 0.0161. The van der Waals surface area contributed by atoms with Crippen LogP contribution >= 0.6 is 0 Å². The number of rotatable bonds is 11. The molecule has 0 bridgehead atoms. The molecular formula is C27H34N2O5. The predicted molar refractivity (Wildman–Crippen MR) is 130 cm³/mol. The van der Waals surface area contributed by atoms with Gasteiger partial charge in [0.15, 0.2) is 0 Å². The van der Waals surface area contributed by atoms with Crippen molar-refractivity contribution in [3.8, 4) is 11.1 Å². The molecule has 1 aliphatic rings. The first kappa shape index (κ1) is 25.3. The second-order valence-electron chi connectivity index (χ2n) is 9.37. The zero-order valence-electron chi connectivity index (χ0n) is 20.0. The number of fused-ring (bicyclic) bond motifs is 3. The standard InChI is InChI=1S/C27H34N2O5/c1-17(2)24(15-25(30)28-13-12-18(3)14-26(31)32)29-27(33)34-16-23-21-10-6-4-8-19(21)20-9-5-7-11-22(20)23/h4-11,17-18,23-24H,12-16H2,1-3H3,(H,28,30)(H,29,33)(H,31,32). The van der Waals surface area contributed by atoms with Crippen molar-refractivity contribution >= 4 is 18.0 Å². The molecular weight excluding hydrogens is 432 g/mol. The molecule has 1 aliphatic carbocycles. The number of carbonyl (C=O) groups excluding carboxylic acids is 2. The molecule has 2 unspecified atom stereocenters. The first-order valence-electron chi connectivity index (χ1n) is 11.9. The van der Waals surface area contributed by atoms with E-state index in [2.05, 4.69) is 34.9 Å². The summed E-state index contributed by atoms with van der Waals surface area (Å²) in [6.45, 7) is 6.35. The molecule has 2 aromatic carbocycles. The minimum atomic E-state index is -0.842. The molecule has 0 fully saturated rings. The highest BCUT2D eigenvalue weighted by Crippen LogP contribution is 2.44. The molecule has 0 saturated carbocycles. The van der Waals surface area contributed by atoms with Crippen LogP contribution in [-0.2, 0) is 14.3 Å². The van der Waals surface area contributed by atoms with Crippen molar-refractivity contribution in [3.05, 3.63) is 59.7 Å². The number of amides is 2. The summed E-state index contributed by atoms with van der Waals surface area (Å²) >= 11 is 0. The van der Waals surface area contributed by atoms with Gasteiger partial charge in [0.25, 0.3) is 0 Å². The maximum absolute atomic E-state index is 12.6. The molecule has 3 N–H and O–H groups in total. The summed E-state index contributed by atoms with van der Waals surface area (Å²) in [5.41, 5.74) is 4.63. The fraction of sp³-hybridized carbons (Fsp3) is 0.444. The number of carbonyl (C=O) groups is 3. The Kier molecular flexibility index (Phi) is 8.68. The maximum Gasteiger partial charge on any atom is 0.407 e. The van der Waals surface area contributed by atoms with Crippen molar-refractivity contribution in [2.24, 2.45) is 11.8 Å². The SMILES string of the molecule is CC(CCNC(=O)CC(NC(=O)OCC1c2ccccc2-c2ccccc21)C(C)C)CC(=O)O. The largest absolute Gasteiger partial charge is 0.481 e. The molecule has 2 amide bonds. The first-order chi connectivity index (χ1) is 16.3. The molecule has 2 aromatic rings. The zero-order chi connectivity index (χ0) is 24.7. The fourth-order valence-corrected chi connectivity index (χ4v) is 4.37. The number of benzene rings is 2.